The Morgan fingerprint density at radius 2 is 0.543 bits per heavy atom. The molecule has 0 radical (unpaired) electrons. The second kappa shape index (κ2) is 76.1. The fourth-order valence-electron chi connectivity index (χ4n) is 8.71. The van der Waals surface area contributed by atoms with Crippen molar-refractivity contribution in [2.75, 3.05) is 75.5 Å². The molecule has 0 aromatic rings. The van der Waals surface area contributed by atoms with Crippen LogP contribution in [-0.4, -0.2) is 181 Å². The Morgan fingerprint density at radius 1 is 0.309 bits per heavy atom. The predicted octanol–water partition coefficient (Wildman–Crippen LogP) is 5.55. The van der Waals surface area contributed by atoms with E-state index < -0.39 is 97.0 Å². The molecule has 0 heterocycles. The molecular weight excluding hydrogens is 1330 g/mol. The smallest absolute Gasteiger partial charge is 0.244 e. The van der Waals surface area contributed by atoms with Gasteiger partial charge >= 0.3 is 0 Å². The molecule has 0 rings (SSSR count). The van der Waals surface area contributed by atoms with Gasteiger partial charge in [0.25, 0.3) is 0 Å². The third kappa shape index (κ3) is 61.6. The molecular formula is C64H136Cl4N14O10S2. The van der Waals surface area contributed by atoms with Gasteiger partial charge in [-0.2, -0.15) is 23.5 Å². The molecule has 0 saturated carbocycles. The van der Waals surface area contributed by atoms with Gasteiger partial charge in [-0.1, -0.05) is 157 Å². The first-order valence-corrected chi connectivity index (χ1v) is 36.8. The molecule has 0 saturated heterocycles. The number of nitrogens with two attached hydrogens (primary N) is 6. The minimum atomic E-state index is -1.28. The van der Waals surface area contributed by atoms with Crippen LogP contribution < -0.4 is 76.9 Å². The van der Waals surface area contributed by atoms with E-state index in [0.717, 1.165) is 70.6 Å². The number of nitrogens with one attached hydrogen (secondary N) is 8. The molecule has 0 aromatic heterocycles. The minimum Gasteiger partial charge on any atom is -0.394 e. The first-order valence-electron chi connectivity index (χ1n) is 34.5. The molecule has 0 spiro atoms. The summed E-state index contributed by atoms with van der Waals surface area (Å²) in [5.74, 6) is -3.51. The van der Waals surface area contributed by atoms with E-state index >= 15 is 0 Å². The van der Waals surface area contributed by atoms with E-state index in [-0.39, 0.29) is 85.8 Å². The van der Waals surface area contributed by atoms with Gasteiger partial charge in [0.15, 0.2) is 0 Å². The SMILES string of the molecule is CCCCCCC.CCCCCCCC.CCCCCCNC(=O)C(CO)NC(=O)C(CSCCSCC(NC(=O)C(N)CCCCNC(=O)C(N)CCCCN)C(=O)NC(CO)C(=O)NCCCCC)NC(=O)C(N)CCCCNC(=O)C(N)CCCCN.Cl.Cl.Cl.Cl. The Balaban J connectivity index is -0.000000704. The van der Waals surface area contributed by atoms with Gasteiger partial charge in [0.1, 0.15) is 24.2 Å². The summed E-state index contributed by atoms with van der Waals surface area (Å²) in [6.45, 7) is 14.2. The van der Waals surface area contributed by atoms with Crippen LogP contribution in [0.4, 0.5) is 0 Å². The topological polar surface area (TPSA) is 429 Å². The van der Waals surface area contributed by atoms with Crippen molar-refractivity contribution in [2.45, 2.75) is 283 Å². The van der Waals surface area contributed by atoms with Crippen molar-refractivity contribution in [2.24, 2.45) is 34.4 Å². The Kier molecular flexibility index (Phi) is 84.8. The zero-order valence-corrected chi connectivity index (χ0v) is 63.3. The summed E-state index contributed by atoms with van der Waals surface area (Å²) in [6.07, 6.45) is 28.3. The lowest BCUT2D eigenvalue weighted by atomic mass is 10.1. The first kappa shape index (κ1) is 105. The molecule has 8 unspecified atom stereocenters. The highest BCUT2D eigenvalue weighted by molar-refractivity contribution is 8.03. The van der Waals surface area contributed by atoms with Crippen LogP contribution in [0, 0.1) is 0 Å². The van der Waals surface area contributed by atoms with E-state index in [0.29, 0.717) is 89.3 Å². The number of unbranched alkanes of at least 4 members (excludes halogenated alkanes) is 18. The van der Waals surface area contributed by atoms with Crippen molar-refractivity contribution in [1.29, 1.82) is 0 Å². The molecule has 94 heavy (non-hydrogen) atoms. The maximum absolute atomic E-state index is 13.7. The lowest BCUT2D eigenvalue weighted by Gasteiger charge is -2.24. The molecule has 24 nitrogen and oxygen atoms in total. The summed E-state index contributed by atoms with van der Waals surface area (Å²) in [4.78, 5) is 104. The van der Waals surface area contributed by atoms with Gasteiger partial charge in [0, 0.05) is 49.2 Å². The fraction of sp³-hybridized carbons (Fsp3) is 0.875. The Hall–Kier alpha value is -2.70. The van der Waals surface area contributed by atoms with Gasteiger partial charge in [0.05, 0.1) is 37.4 Å². The van der Waals surface area contributed by atoms with Crippen LogP contribution in [0.15, 0.2) is 0 Å². The van der Waals surface area contributed by atoms with E-state index in [4.69, 9.17) is 34.4 Å². The Labute approximate surface area is 600 Å². The second-order valence-electron chi connectivity index (χ2n) is 23.2. The van der Waals surface area contributed by atoms with Gasteiger partial charge in [-0.25, -0.2) is 0 Å². The average Bonchev–Trinajstić information content (AvgIpc) is 1.17. The largest absolute Gasteiger partial charge is 0.394 e. The monoisotopic (exact) mass is 1460 g/mol. The molecule has 0 aliphatic rings. The van der Waals surface area contributed by atoms with Gasteiger partial charge < -0.3 is 87.1 Å². The van der Waals surface area contributed by atoms with Crippen LogP contribution in [-0.2, 0) is 38.4 Å². The van der Waals surface area contributed by atoms with Crippen LogP contribution in [0.1, 0.15) is 234 Å². The molecule has 8 amide bonds. The molecule has 562 valence electrons. The lowest BCUT2D eigenvalue weighted by Crippen LogP contribution is -2.57. The third-order valence-corrected chi connectivity index (χ3v) is 17.1. The second-order valence-corrected chi connectivity index (χ2v) is 25.5. The quantitative estimate of drug-likeness (QED) is 0.0332. The van der Waals surface area contributed by atoms with Crippen LogP contribution in [0.25, 0.3) is 0 Å². The van der Waals surface area contributed by atoms with E-state index in [9.17, 15) is 48.6 Å². The number of carbonyl (C=O) groups excluding carboxylic acids is 8. The number of thioether (sulfide) groups is 2. The van der Waals surface area contributed by atoms with Crippen molar-refractivity contribution >= 4 is 120 Å². The summed E-state index contributed by atoms with van der Waals surface area (Å²) < 4.78 is 0. The van der Waals surface area contributed by atoms with Gasteiger partial charge in [-0.05, 0) is 90.1 Å². The molecule has 0 aliphatic carbocycles. The lowest BCUT2D eigenvalue weighted by molar-refractivity contribution is -0.132. The van der Waals surface area contributed by atoms with E-state index in [2.05, 4.69) is 77.2 Å². The minimum absolute atomic E-state index is 0. The van der Waals surface area contributed by atoms with E-state index in [1.54, 1.807) is 0 Å². The Bertz CT molecular complexity index is 1820. The van der Waals surface area contributed by atoms with Crippen LogP contribution in [0.5, 0.6) is 0 Å². The maximum atomic E-state index is 13.7. The number of aliphatic hydroxyl groups excluding tert-OH is 2. The molecule has 0 bridgehead atoms. The molecule has 0 fully saturated rings. The summed E-state index contributed by atoms with van der Waals surface area (Å²) in [6, 6.07) is -8.20. The van der Waals surface area contributed by atoms with Crippen molar-refractivity contribution in [3.05, 3.63) is 0 Å². The number of halogens is 4. The molecule has 22 N–H and O–H groups in total. The van der Waals surface area contributed by atoms with Crippen molar-refractivity contribution < 1.29 is 48.6 Å². The summed E-state index contributed by atoms with van der Waals surface area (Å²) in [5.41, 5.74) is 35.4. The first-order chi connectivity index (χ1) is 43.3. The van der Waals surface area contributed by atoms with E-state index in [1.165, 1.54) is 94.2 Å². The van der Waals surface area contributed by atoms with Crippen LogP contribution in [0.2, 0.25) is 0 Å². The summed E-state index contributed by atoms with van der Waals surface area (Å²) >= 11 is 2.57. The van der Waals surface area contributed by atoms with Crippen molar-refractivity contribution in [3.63, 3.8) is 0 Å². The Morgan fingerprint density at radius 3 is 0.840 bits per heavy atom. The van der Waals surface area contributed by atoms with Crippen molar-refractivity contribution in [1.82, 2.24) is 42.5 Å². The normalized spacial score (nSPS) is 13.0. The number of hydrogen-bond acceptors (Lipinski definition) is 18. The zero-order valence-electron chi connectivity index (χ0n) is 58.4. The average molecular weight is 1470 g/mol. The highest BCUT2D eigenvalue weighted by Gasteiger charge is 2.30. The number of rotatable bonds is 57. The third-order valence-electron chi connectivity index (χ3n) is 14.7. The van der Waals surface area contributed by atoms with Crippen molar-refractivity contribution in [3.8, 4) is 0 Å². The van der Waals surface area contributed by atoms with Gasteiger partial charge in [-0.15, -0.1) is 49.6 Å². The molecule has 0 aliphatic heterocycles. The number of carbonyl (C=O) groups is 8. The molecule has 8 atom stereocenters. The fourth-order valence-corrected chi connectivity index (χ4v) is 10.9. The standard InChI is InChI=1S/C49H98N14O10S2.C8H18.C7H16.4ClH/c1-3-5-7-15-25-59-47(71)39(31-65)61-49(73)41(63-45(69)37(55)21-11-17-27-57-43(67)35(53)19-9-13-23-51)33-75-29-28-74-32-40(48(72)60-38(30-64)46(70)58-24-14-6-4-2)62-44(68)36(54)20-10-16-26-56-42(66)34(52)18-8-12-22-50;1-3-5-7-8-6-4-2;1-3-5-7-6-4-2;;;;/h34-41,64-65H,3-33,50-55H2,1-2H3,(H,56,66)(H,57,67)(H,58,70)(H,59,71)(H,60,72)(H,61,73)(H,62,68)(H,63,69);3-8H2,1-2H3;3-7H2,1-2H3;4*1H. The van der Waals surface area contributed by atoms with E-state index in [1.807, 2.05) is 6.92 Å². The highest BCUT2D eigenvalue weighted by Crippen LogP contribution is 2.13. The zero-order chi connectivity index (χ0) is 68.0. The van der Waals surface area contributed by atoms with Gasteiger partial charge in [-0.3, -0.25) is 38.4 Å². The number of amides is 8. The highest BCUT2D eigenvalue weighted by atomic mass is 35.5. The molecule has 30 heteroatoms. The summed E-state index contributed by atoms with van der Waals surface area (Å²) in [5, 5.41) is 41.6. The molecule has 0 aromatic carbocycles. The van der Waals surface area contributed by atoms with Crippen LogP contribution >= 0.6 is 73.2 Å². The maximum Gasteiger partial charge on any atom is 0.244 e. The summed E-state index contributed by atoms with van der Waals surface area (Å²) in [7, 11) is 0. The number of hydrogen-bond donors (Lipinski definition) is 16. The van der Waals surface area contributed by atoms with Crippen LogP contribution in [0.3, 0.4) is 0 Å². The van der Waals surface area contributed by atoms with Gasteiger partial charge in [0.2, 0.25) is 47.3 Å². The number of aliphatic hydroxyl groups is 2. The predicted molar refractivity (Wildman–Crippen MR) is 400 cm³/mol.